The average Bonchev–Trinajstić information content (AvgIpc) is 3.28. The van der Waals surface area contributed by atoms with Crippen molar-refractivity contribution in [3.63, 3.8) is 0 Å². The van der Waals surface area contributed by atoms with Crippen molar-refractivity contribution in [2.45, 2.75) is 49.5 Å². The van der Waals surface area contributed by atoms with E-state index in [-0.39, 0.29) is 23.9 Å². The van der Waals surface area contributed by atoms with Crippen LogP contribution in [0.3, 0.4) is 0 Å². The molecule has 0 bridgehead atoms. The number of alkyl halides is 1. The zero-order valence-electron chi connectivity index (χ0n) is 18.5. The van der Waals surface area contributed by atoms with Gasteiger partial charge in [0, 0.05) is 16.9 Å². The zero-order chi connectivity index (χ0) is 23.4. The minimum Gasteiger partial charge on any atom is -0.494 e. The Morgan fingerprint density at radius 2 is 2.00 bits per heavy atom. The molecule has 1 aliphatic carbocycles. The van der Waals surface area contributed by atoms with Crippen molar-refractivity contribution in [3.8, 4) is 17.3 Å². The van der Waals surface area contributed by atoms with Crippen LogP contribution < -0.4 is 10.1 Å². The van der Waals surface area contributed by atoms with Crippen LogP contribution in [0.15, 0.2) is 28.8 Å². The highest BCUT2D eigenvalue weighted by Gasteiger charge is 2.22. The fourth-order valence-electron chi connectivity index (χ4n) is 3.90. The van der Waals surface area contributed by atoms with E-state index < -0.39 is 5.82 Å². The van der Waals surface area contributed by atoms with Crippen LogP contribution in [0.2, 0.25) is 0 Å². The molecule has 3 aromatic rings. The second-order valence-corrected chi connectivity index (χ2v) is 9.93. The summed E-state index contributed by atoms with van der Waals surface area (Å²) in [5.74, 6) is 1.20. The summed E-state index contributed by atoms with van der Waals surface area (Å²) in [5.41, 5.74) is 1.33. The van der Waals surface area contributed by atoms with Gasteiger partial charge in [0.05, 0.1) is 7.11 Å². The smallest absolute Gasteiger partial charge is 0.270 e. The van der Waals surface area contributed by atoms with Gasteiger partial charge in [0.15, 0.2) is 11.6 Å². The molecule has 33 heavy (non-hydrogen) atoms. The number of hydrogen-bond donors (Lipinski definition) is 1. The molecule has 10 heteroatoms. The van der Waals surface area contributed by atoms with Gasteiger partial charge >= 0.3 is 0 Å². The molecule has 1 aliphatic rings. The van der Waals surface area contributed by atoms with Crippen molar-refractivity contribution in [1.29, 1.82) is 0 Å². The first-order chi connectivity index (χ1) is 15.9. The predicted octanol–water partition coefficient (Wildman–Crippen LogP) is 4.45. The van der Waals surface area contributed by atoms with Gasteiger partial charge in [-0.1, -0.05) is 33.8 Å². The number of amides is 1. The Hall–Kier alpha value is -2.63. The second kappa shape index (κ2) is 10.5. The van der Waals surface area contributed by atoms with Gasteiger partial charge in [-0.2, -0.15) is 4.98 Å². The molecule has 0 unspecified atom stereocenters. The highest BCUT2D eigenvalue weighted by atomic mass is 127. The number of hydrogen-bond acceptors (Lipinski definition) is 7. The number of nitrogens with zero attached hydrogens (tertiary/aromatic N) is 4. The lowest BCUT2D eigenvalue weighted by Gasteiger charge is -2.23. The van der Waals surface area contributed by atoms with E-state index in [4.69, 9.17) is 9.26 Å². The third-order valence-electron chi connectivity index (χ3n) is 5.68. The summed E-state index contributed by atoms with van der Waals surface area (Å²) in [4.78, 5) is 25.8. The van der Waals surface area contributed by atoms with E-state index in [1.807, 2.05) is 0 Å². The van der Waals surface area contributed by atoms with Crippen molar-refractivity contribution in [2.24, 2.45) is 5.92 Å². The van der Waals surface area contributed by atoms with Gasteiger partial charge in [-0.3, -0.25) is 4.79 Å². The first-order valence-corrected chi connectivity index (χ1v) is 12.1. The molecule has 1 aromatic carbocycles. The normalized spacial score (nSPS) is 18.2. The lowest BCUT2D eigenvalue weighted by Crippen LogP contribution is -2.24. The van der Waals surface area contributed by atoms with Crippen molar-refractivity contribution in [3.05, 3.63) is 53.1 Å². The Balaban J connectivity index is 1.43. The number of halogens is 2. The summed E-state index contributed by atoms with van der Waals surface area (Å²) in [7, 11) is 1.39. The first-order valence-electron chi connectivity index (χ1n) is 10.8. The van der Waals surface area contributed by atoms with E-state index in [1.54, 1.807) is 25.1 Å². The van der Waals surface area contributed by atoms with Crippen molar-refractivity contribution < 1.29 is 18.4 Å². The number of carbonyl (C=O) groups is 1. The topological polar surface area (TPSA) is 103 Å². The summed E-state index contributed by atoms with van der Waals surface area (Å²) in [6.07, 6.45) is 5.54. The minimum absolute atomic E-state index is 0.122. The highest BCUT2D eigenvalue weighted by Crippen LogP contribution is 2.31. The Morgan fingerprint density at radius 1 is 1.21 bits per heavy atom. The van der Waals surface area contributed by atoms with Crippen molar-refractivity contribution in [2.75, 3.05) is 7.11 Å². The molecule has 1 fully saturated rings. The Bertz CT molecular complexity index is 1130. The van der Waals surface area contributed by atoms with E-state index in [1.165, 1.54) is 38.9 Å². The number of benzene rings is 1. The fourth-order valence-corrected chi connectivity index (χ4v) is 4.62. The van der Waals surface area contributed by atoms with Crippen LogP contribution in [-0.4, -0.2) is 37.1 Å². The standard InChI is InChI=1S/C23H25FIN5O3/c1-13-27-18(22-29-21(33-30-22)10-14-3-6-16(25)7-4-14)11-19(28-13)23(31)26-12-15-5-8-17(24)20(9-15)32-2/h5,8-9,11,14,16H,3-4,6-7,10,12H2,1-2H3,(H,26,31). The molecule has 8 nitrogen and oxygen atoms in total. The van der Waals surface area contributed by atoms with Gasteiger partial charge in [0.1, 0.15) is 17.2 Å². The summed E-state index contributed by atoms with van der Waals surface area (Å²) >= 11 is 2.52. The Morgan fingerprint density at radius 3 is 2.76 bits per heavy atom. The van der Waals surface area contributed by atoms with Gasteiger partial charge in [-0.05, 0) is 62.3 Å². The van der Waals surface area contributed by atoms with E-state index in [0.717, 1.165) is 10.3 Å². The molecule has 0 spiro atoms. The molecule has 1 amide bonds. The van der Waals surface area contributed by atoms with Crippen molar-refractivity contribution >= 4 is 28.5 Å². The maximum absolute atomic E-state index is 13.6. The van der Waals surface area contributed by atoms with Gasteiger partial charge in [0.25, 0.3) is 5.91 Å². The molecule has 0 aliphatic heterocycles. The van der Waals surface area contributed by atoms with Crippen LogP contribution in [0.25, 0.3) is 11.5 Å². The number of ether oxygens (including phenoxy) is 1. The Labute approximate surface area is 204 Å². The molecule has 0 radical (unpaired) electrons. The Kier molecular flexibility index (Phi) is 7.51. The van der Waals surface area contributed by atoms with Crippen LogP contribution in [0.1, 0.15) is 53.5 Å². The van der Waals surface area contributed by atoms with E-state index in [0.29, 0.717) is 34.7 Å². The predicted molar refractivity (Wildman–Crippen MR) is 128 cm³/mol. The molecular weight excluding hydrogens is 540 g/mol. The lowest BCUT2D eigenvalue weighted by atomic mass is 9.87. The maximum Gasteiger partial charge on any atom is 0.270 e. The molecule has 4 rings (SSSR count). The summed E-state index contributed by atoms with van der Waals surface area (Å²) in [6.45, 7) is 1.90. The van der Waals surface area contributed by atoms with Gasteiger partial charge in [-0.25, -0.2) is 14.4 Å². The van der Waals surface area contributed by atoms with Crippen LogP contribution in [0.5, 0.6) is 5.75 Å². The van der Waals surface area contributed by atoms with Crippen LogP contribution in [0.4, 0.5) is 4.39 Å². The summed E-state index contributed by atoms with van der Waals surface area (Å²) in [5, 5.41) is 6.85. The number of carbonyl (C=O) groups excluding carboxylic acids is 1. The van der Waals surface area contributed by atoms with Gasteiger partial charge in [0.2, 0.25) is 11.7 Å². The maximum atomic E-state index is 13.6. The number of nitrogens with one attached hydrogen (secondary N) is 1. The molecular formula is C23H25FIN5O3. The largest absolute Gasteiger partial charge is 0.494 e. The monoisotopic (exact) mass is 565 g/mol. The van der Waals surface area contributed by atoms with E-state index >= 15 is 0 Å². The van der Waals surface area contributed by atoms with Crippen molar-refractivity contribution in [1.82, 2.24) is 25.4 Å². The number of rotatable bonds is 7. The van der Waals surface area contributed by atoms with Gasteiger partial charge < -0.3 is 14.6 Å². The number of aromatic nitrogens is 4. The molecule has 0 saturated heterocycles. The summed E-state index contributed by atoms with van der Waals surface area (Å²) < 4.78 is 24.8. The van der Waals surface area contributed by atoms with E-state index in [2.05, 4.69) is 48.0 Å². The minimum atomic E-state index is -0.458. The second-order valence-electron chi connectivity index (χ2n) is 8.17. The third-order valence-corrected chi connectivity index (χ3v) is 6.92. The molecule has 0 atom stereocenters. The lowest BCUT2D eigenvalue weighted by molar-refractivity contribution is 0.0945. The average molecular weight is 565 g/mol. The van der Waals surface area contributed by atoms with E-state index in [9.17, 15) is 9.18 Å². The van der Waals surface area contributed by atoms with Crippen LogP contribution >= 0.6 is 22.6 Å². The summed E-state index contributed by atoms with van der Waals surface area (Å²) in [6, 6.07) is 5.97. The molecule has 1 saturated carbocycles. The SMILES string of the molecule is COc1cc(CNC(=O)c2cc(-c3noc(CC4CCC(I)CC4)n3)nc(C)n2)ccc1F. The molecule has 2 heterocycles. The van der Waals surface area contributed by atoms with Crippen LogP contribution in [-0.2, 0) is 13.0 Å². The highest BCUT2D eigenvalue weighted by molar-refractivity contribution is 14.1. The molecule has 174 valence electrons. The molecule has 2 aromatic heterocycles. The quantitative estimate of drug-likeness (QED) is 0.334. The first kappa shape index (κ1) is 23.5. The zero-order valence-corrected chi connectivity index (χ0v) is 20.6. The third kappa shape index (κ3) is 6.04. The number of aryl methyl sites for hydroxylation is 1. The fraction of sp³-hybridized carbons (Fsp3) is 0.435. The van der Waals surface area contributed by atoms with Gasteiger partial charge in [-0.15, -0.1) is 0 Å². The van der Waals surface area contributed by atoms with Crippen LogP contribution in [0, 0.1) is 18.7 Å². The molecule has 1 N–H and O–H groups in total. The number of methoxy groups -OCH3 is 1.